The van der Waals surface area contributed by atoms with Crippen molar-refractivity contribution < 1.29 is 14.3 Å². The van der Waals surface area contributed by atoms with Crippen LogP contribution >= 0.6 is 0 Å². The molecule has 0 unspecified atom stereocenters. The maximum atomic E-state index is 10.4. The SMILES string of the molecule is O=C(O)CCc1cnc(C2CCNCC2)o1. The molecular formula is C11H16N2O3. The molecule has 1 aromatic rings. The van der Waals surface area contributed by atoms with Crippen LogP contribution in [0.5, 0.6) is 0 Å². The van der Waals surface area contributed by atoms with Gasteiger partial charge in [-0.1, -0.05) is 0 Å². The third-order valence-electron chi connectivity index (χ3n) is 2.85. The first-order valence-electron chi connectivity index (χ1n) is 5.63. The Labute approximate surface area is 93.9 Å². The fourth-order valence-corrected chi connectivity index (χ4v) is 1.93. The minimum atomic E-state index is -0.806. The van der Waals surface area contributed by atoms with Gasteiger partial charge < -0.3 is 14.8 Å². The van der Waals surface area contributed by atoms with Gasteiger partial charge >= 0.3 is 5.97 Å². The molecule has 0 aliphatic carbocycles. The first-order valence-corrected chi connectivity index (χ1v) is 5.63. The number of carbonyl (C=O) groups is 1. The number of piperidine rings is 1. The van der Waals surface area contributed by atoms with E-state index in [0.29, 0.717) is 18.1 Å². The van der Waals surface area contributed by atoms with E-state index in [-0.39, 0.29) is 6.42 Å². The molecular weight excluding hydrogens is 208 g/mol. The highest BCUT2D eigenvalue weighted by atomic mass is 16.4. The Hall–Kier alpha value is -1.36. The van der Waals surface area contributed by atoms with E-state index >= 15 is 0 Å². The molecule has 1 saturated heterocycles. The summed E-state index contributed by atoms with van der Waals surface area (Å²) in [5, 5.41) is 11.8. The number of aromatic nitrogens is 1. The number of carboxylic acid groups (broad SMARTS) is 1. The molecule has 0 bridgehead atoms. The molecule has 0 saturated carbocycles. The number of aryl methyl sites for hydroxylation is 1. The lowest BCUT2D eigenvalue weighted by atomic mass is 9.98. The van der Waals surface area contributed by atoms with Crippen molar-refractivity contribution in [2.24, 2.45) is 0 Å². The Kier molecular flexibility index (Phi) is 3.56. The molecule has 0 spiro atoms. The van der Waals surface area contributed by atoms with Gasteiger partial charge in [0.25, 0.3) is 0 Å². The molecule has 1 aliphatic heterocycles. The number of rotatable bonds is 4. The summed E-state index contributed by atoms with van der Waals surface area (Å²) in [6, 6.07) is 0. The van der Waals surface area contributed by atoms with E-state index in [1.165, 1.54) is 0 Å². The van der Waals surface area contributed by atoms with E-state index < -0.39 is 5.97 Å². The smallest absolute Gasteiger partial charge is 0.303 e. The molecule has 1 fully saturated rings. The number of oxazole rings is 1. The minimum Gasteiger partial charge on any atom is -0.481 e. The van der Waals surface area contributed by atoms with Gasteiger partial charge in [0.05, 0.1) is 12.6 Å². The molecule has 5 heteroatoms. The van der Waals surface area contributed by atoms with Crippen LogP contribution in [0.15, 0.2) is 10.6 Å². The van der Waals surface area contributed by atoms with Crippen molar-refractivity contribution in [3.05, 3.63) is 17.8 Å². The van der Waals surface area contributed by atoms with Crippen molar-refractivity contribution in [1.29, 1.82) is 0 Å². The van der Waals surface area contributed by atoms with Gasteiger partial charge in [-0.3, -0.25) is 4.79 Å². The number of nitrogens with zero attached hydrogens (tertiary/aromatic N) is 1. The average Bonchev–Trinajstić information content (AvgIpc) is 2.76. The van der Waals surface area contributed by atoms with Gasteiger partial charge in [0, 0.05) is 12.3 Å². The Balaban J connectivity index is 1.93. The molecule has 0 atom stereocenters. The minimum absolute atomic E-state index is 0.0981. The van der Waals surface area contributed by atoms with Crippen molar-refractivity contribution >= 4 is 5.97 Å². The first kappa shape index (κ1) is 11.1. The standard InChI is InChI=1S/C11H16N2O3/c14-10(15)2-1-9-7-13-11(16-9)8-3-5-12-6-4-8/h7-8,12H,1-6H2,(H,14,15). The maximum Gasteiger partial charge on any atom is 0.303 e. The Morgan fingerprint density at radius 3 is 3.00 bits per heavy atom. The number of hydrogen-bond donors (Lipinski definition) is 2. The molecule has 16 heavy (non-hydrogen) atoms. The van der Waals surface area contributed by atoms with Crippen LogP contribution < -0.4 is 5.32 Å². The molecule has 0 amide bonds. The van der Waals surface area contributed by atoms with Crippen molar-refractivity contribution in [2.75, 3.05) is 13.1 Å². The van der Waals surface area contributed by atoms with Gasteiger partial charge in [0.15, 0.2) is 5.89 Å². The maximum absolute atomic E-state index is 10.4. The van der Waals surface area contributed by atoms with Gasteiger partial charge in [0.1, 0.15) is 5.76 Å². The fraction of sp³-hybridized carbons (Fsp3) is 0.636. The number of nitrogens with one attached hydrogen (secondary N) is 1. The van der Waals surface area contributed by atoms with Crippen molar-refractivity contribution in [1.82, 2.24) is 10.3 Å². The van der Waals surface area contributed by atoms with E-state index in [2.05, 4.69) is 10.3 Å². The van der Waals surface area contributed by atoms with Crippen molar-refractivity contribution in [2.45, 2.75) is 31.6 Å². The molecule has 2 N–H and O–H groups in total. The van der Waals surface area contributed by atoms with Crippen LogP contribution in [0.1, 0.15) is 36.8 Å². The highest BCUT2D eigenvalue weighted by Gasteiger charge is 2.20. The van der Waals surface area contributed by atoms with Crippen molar-refractivity contribution in [3.8, 4) is 0 Å². The second kappa shape index (κ2) is 5.12. The summed E-state index contributed by atoms with van der Waals surface area (Å²) >= 11 is 0. The van der Waals surface area contributed by atoms with E-state index in [4.69, 9.17) is 9.52 Å². The predicted molar refractivity (Wildman–Crippen MR) is 57.3 cm³/mol. The highest BCUT2D eigenvalue weighted by molar-refractivity contribution is 5.66. The molecule has 88 valence electrons. The summed E-state index contributed by atoms with van der Waals surface area (Å²) < 4.78 is 5.57. The van der Waals surface area contributed by atoms with Crippen LogP contribution in [-0.4, -0.2) is 29.1 Å². The lowest BCUT2D eigenvalue weighted by molar-refractivity contribution is -0.137. The predicted octanol–water partition coefficient (Wildman–Crippen LogP) is 1.16. The number of hydrogen-bond acceptors (Lipinski definition) is 4. The summed E-state index contributed by atoms with van der Waals surface area (Å²) in [6.07, 6.45) is 4.26. The Morgan fingerprint density at radius 1 is 1.56 bits per heavy atom. The third-order valence-corrected chi connectivity index (χ3v) is 2.85. The monoisotopic (exact) mass is 224 g/mol. The summed E-state index contributed by atoms with van der Waals surface area (Å²) in [6.45, 7) is 2.00. The Morgan fingerprint density at radius 2 is 2.31 bits per heavy atom. The second-order valence-electron chi connectivity index (χ2n) is 4.08. The topological polar surface area (TPSA) is 75.4 Å². The largest absolute Gasteiger partial charge is 0.481 e. The van der Waals surface area contributed by atoms with Gasteiger partial charge in [-0.05, 0) is 25.9 Å². The molecule has 1 aliphatic rings. The zero-order chi connectivity index (χ0) is 11.4. The lowest BCUT2D eigenvalue weighted by Crippen LogP contribution is -2.26. The van der Waals surface area contributed by atoms with E-state index in [1.54, 1.807) is 6.20 Å². The van der Waals surface area contributed by atoms with Gasteiger partial charge in [-0.25, -0.2) is 4.98 Å². The molecule has 2 rings (SSSR count). The normalized spacial score (nSPS) is 17.5. The Bertz CT molecular complexity index is 356. The van der Waals surface area contributed by atoms with E-state index in [1.807, 2.05) is 0 Å². The summed E-state index contributed by atoms with van der Waals surface area (Å²) in [4.78, 5) is 14.6. The number of carboxylic acids is 1. The first-order chi connectivity index (χ1) is 7.75. The van der Waals surface area contributed by atoms with E-state index in [9.17, 15) is 4.79 Å². The summed E-state index contributed by atoms with van der Waals surface area (Å²) in [5.41, 5.74) is 0. The molecule has 2 heterocycles. The van der Waals surface area contributed by atoms with Crippen LogP contribution in [0.25, 0.3) is 0 Å². The lowest BCUT2D eigenvalue weighted by Gasteiger charge is -2.19. The van der Waals surface area contributed by atoms with Crippen LogP contribution in [0.2, 0.25) is 0 Å². The highest BCUT2D eigenvalue weighted by Crippen LogP contribution is 2.24. The van der Waals surface area contributed by atoms with Crippen LogP contribution in [0.4, 0.5) is 0 Å². The van der Waals surface area contributed by atoms with Crippen LogP contribution in [0.3, 0.4) is 0 Å². The van der Waals surface area contributed by atoms with Gasteiger partial charge in [-0.15, -0.1) is 0 Å². The quantitative estimate of drug-likeness (QED) is 0.802. The zero-order valence-corrected chi connectivity index (χ0v) is 9.11. The van der Waals surface area contributed by atoms with Gasteiger partial charge in [-0.2, -0.15) is 0 Å². The summed E-state index contributed by atoms with van der Waals surface area (Å²) in [7, 11) is 0. The van der Waals surface area contributed by atoms with Crippen LogP contribution in [-0.2, 0) is 11.2 Å². The van der Waals surface area contributed by atoms with E-state index in [0.717, 1.165) is 31.8 Å². The molecule has 1 aromatic heterocycles. The van der Waals surface area contributed by atoms with Gasteiger partial charge in [0.2, 0.25) is 0 Å². The zero-order valence-electron chi connectivity index (χ0n) is 9.11. The molecule has 0 aromatic carbocycles. The molecule has 0 radical (unpaired) electrons. The second-order valence-corrected chi connectivity index (χ2v) is 4.08. The fourth-order valence-electron chi connectivity index (χ4n) is 1.93. The number of aliphatic carboxylic acids is 1. The molecule has 5 nitrogen and oxygen atoms in total. The third kappa shape index (κ3) is 2.82. The summed E-state index contributed by atoms with van der Waals surface area (Å²) in [5.74, 6) is 1.03. The average molecular weight is 224 g/mol. The van der Waals surface area contributed by atoms with Crippen molar-refractivity contribution in [3.63, 3.8) is 0 Å². The van der Waals surface area contributed by atoms with Crippen LogP contribution in [0, 0.1) is 0 Å².